The SMILES string of the molecule is c1ccc2c(c1)-c1ccccc1-n1c3ccccc3c3cc4c(c-2c31)c1ccccc1n4-c1nc(-c2cc3ccccc3c3ccccc23)c2sc3ccccc3c2n1. The van der Waals surface area contributed by atoms with E-state index in [1.807, 2.05) is 0 Å². The third kappa shape index (κ3) is 4.11. The standard InChI is InChI=1S/C54H30N4S/c1-2-16-32-31(15-1)29-41(34-18-4-3-17-33(32)34)51-53-50(40-24-10-14-28-47(40)59-53)55-54(56-51)58-45-27-13-9-23-39(45)48-46(58)30-42-37-21-8-12-26-44(37)57-43-25-11-7-20-36(43)35-19-5-6-22-38(35)49(48)52(42)57/h1-30H. The third-order valence-electron chi connectivity index (χ3n) is 12.7. The molecule has 1 aliphatic heterocycles. The Morgan fingerprint density at radius 2 is 1.03 bits per heavy atom. The van der Waals surface area contributed by atoms with Crippen LogP contribution >= 0.6 is 11.3 Å². The van der Waals surface area contributed by atoms with E-state index >= 15 is 0 Å². The van der Waals surface area contributed by atoms with Gasteiger partial charge in [-0.1, -0.05) is 146 Å². The van der Waals surface area contributed by atoms with Crippen molar-refractivity contribution in [2.45, 2.75) is 0 Å². The second-order valence-electron chi connectivity index (χ2n) is 15.6. The predicted molar refractivity (Wildman–Crippen MR) is 248 cm³/mol. The Hall–Kier alpha value is -7.60. The Morgan fingerprint density at radius 3 is 1.88 bits per heavy atom. The molecule has 272 valence electrons. The average Bonchev–Trinajstić information content (AvgIpc) is 3.92. The minimum atomic E-state index is 0.667. The molecule has 0 amide bonds. The van der Waals surface area contributed by atoms with E-state index in [2.05, 4.69) is 191 Å². The van der Waals surface area contributed by atoms with Gasteiger partial charge in [-0.05, 0) is 69.1 Å². The summed E-state index contributed by atoms with van der Waals surface area (Å²) in [5, 5.41) is 10.8. The van der Waals surface area contributed by atoms with Gasteiger partial charge < -0.3 is 4.57 Å². The van der Waals surface area contributed by atoms with Crippen molar-refractivity contribution >= 4 is 96.8 Å². The highest BCUT2D eigenvalue weighted by Crippen LogP contribution is 2.52. The Bertz CT molecular complexity index is 3980. The van der Waals surface area contributed by atoms with E-state index in [1.54, 1.807) is 11.3 Å². The van der Waals surface area contributed by atoms with Crippen molar-refractivity contribution < 1.29 is 0 Å². The van der Waals surface area contributed by atoms with Crippen molar-refractivity contribution in [2.75, 3.05) is 0 Å². The molecule has 4 nitrogen and oxygen atoms in total. The Balaban J connectivity index is 1.19. The summed E-state index contributed by atoms with van der Waals surface area (Å²) in [6.45, 7) is 0. The minimum Gasteiger partial charge on any atom is -0.308 e. The molecule has 0 radical (unpaired) electrons. The van der Waals surface area contributed by atoms with Crippen molar-refractivity contribution in [3.8, 4) is 45.1 Å². The van der Waals surface area contributed by atoms with E-state index < -0.39 is 0 Å². The van der Waals surface area contributed by atoms with Crippen molar-refractivity contribution in [3.05, 3.63) is 182 Å². The fourth-order valence-corrected chi connectivity index (χ4v) is 11.4. The molecule has 5 heteroatoms. The van der Waals surface area contributed by atoms with Gasteiger partial charge in [-0.25, -0.2) is 9.97 Å². The number of benzene rings is 9. The molecule has 0 fully saturated rings. The smallest absolute Gasteiger partial charge is 0.235 e. The lowest BCUT2D eigenvalue weighted by molar-refractivity contribution is 1.02. The van der Waals surface area contributed by atoms with Crippen molar-refractivity contribution in [1.82, 2.24) is 19.1 Å². The van der Waals surface area contributed by atoms with Crippen LogP contribution in [0, 0.1) is 0 Å². The van der Waals surface area contributed by atoms with E-state index in [0.717, 1.165) is 37.9 Å². The Labute approximate surface area is 341 Å². The van der Waals surface area contributed by atoms with Gasteiger partial charge in [0.1, 0.15) is 0 Å². The van der Waals surface area contributed by atoms with Crippen molar-refractivity contribution in [1.29, 1.82) is 0 Å². The van der Waals surface area contributed by atoms with Crippen LogP contribution in [-0.2, 0) is 0 Å². The Morgan fingerprint density at radius 1 is 0.407 bits per heavy atom. The van der Waals surface area contributed by atoms with E-state index in [0.29, 0.717) is 5.95 Å². The monoisotopic (exact) mass is 766 g/mol. The summed E-state index contributed by atoms with van der Waals surface area (Å²) in [7, 11) is 0. The molecule has 59 heavy (non-hydrogen) atoms. The van der Waals surface area contributed by atoms with Crippen LogP contribution in [0.1, 0.15) is 0 Å². The molecule has 0 spiro atoms. The first-order valence-corrected chi connectivity index (χ1v) is 20.9. The average molecular weight is 767 g/mol. The lowest BCUT2D eigenvalue weighted by atomic mass is 9.91. The zero-order valence-corrected chi connectivity index (χ0v) is 32.3. The van der Waals surface area contributed by atoms with Crippen LogP contribution in [0.3, 0.4) is 0 Å². The number of hydrogen-bond acceptors (Lipinski definition) is 3. The number of hydrogen-bond donors (Lipinski definition) is 0. The van der Waals surface area contributed by atoms with Gasteiger partial charge in [0.25, 0.3) is 0 Å². The lowest BCUT2D eigenvalue weighted by Gasteiger charge is -2.14. The van der Waals surface area contributed by atoms with Crippen molar-refractivity contribution in [3.63, 3.8) is 0 Å². The van der Waals surface area contributed by atoms with Gasteiger partial charge in [0.2, 0.25) is 5.95 Å². The van der Waals surface area contributed by atoms with Crippen LogP contribution < -0.4 is 0 Å². The summed E-state index contributed by atoms with van der Waals surface area (Å²) in [6, 6.07) is 66.4. The third-order valence-corrected chi connectivity index (χ3v) is 13.8. The number of rotatable bonds is 2. The van der Waals surface area contributed by atoms with Crippen LogP contribution in [0.25, 0.3) is 131 Å². The fraction of sp³-hybridized carbons (Fsp3) is 0. The molecule has 1 aliphatic rings. The molecule has 0 saturated heterocycles. The maximum absolute atomic E-state index is 5.74. The van der Waals surface area contributed by atoms with Gasteiger partial charge in [-0.15, -0.1) is 11.3 Å². The van der Waals surface area contributed by atoms with E-state index in [4.69, 9.17) is 9.97 Å². The lowest BCUT2D eigenvalue weighted by Crippen LogP contribution is -2.03. The number of nitrogens with zero attached hydrogens (tertiary/aromatic N) is 4. The first-order valence-electron chi connectivity index (χ1n) is 20.1. The number of thiophene rings is 1. The summed E-state index contributed by atoms with van der Waals surface area (Å²) in [6.07, 6.45) is 0. The number of aromatic nitrogens is 4. The molecule has 0 atom stereocenters. The fourth-order valence-electron chi connectivity index (χ4n) is 10.2. The van der Waals surface area contributed by atoms with E-state index in [-0.39, 0.29) is 0 Å². The molecule has 9 aromatic carbocycles. The summed E-state index contributed by atoms with van der Waals surface area (Å²) in [5.41, 5.74) is 13.7. The van der Waals surface area contributed by atoms with Gasteiger partial charge in [-0.3, -0.25) is 4.57 Å². The highest BCUT2D eigenvalue weighted by Gasteiger charge is 2.30. The summed E-state index contributed by atoms with van der Waals surface area (Å²) in [4.78, 5) is 11.3. The van der Waals surface area contributed by atoms with Gasteiger partial charge in [0, 0.05) is 48.3 Å². The zero-order valence-electron chi connectivity index (χ0n) is 31.5. The Kier molecular flexibility index (Phi) is 6.14. The summed E-state index contributed by atoms with van der Waals surface area (Å²) in [5.74, 6) is 0.667. The van der Waals surface area contributed by atoms with Gasteiger partial charge in [-0.2, -0.15) is 0 Å². The molecule has 5 heterocycles. The second-order valence-corrected chi connectivity index (χ2v) is 16.7. The van der Waals surface area contributed by atoms with Crippen molar-refractivity contribution in [2.24, 2.45) is 0 Å². The molecule has 0 unspecified atom stereocenters. The minimum absolute atomic E-state index is 0.667. The van der Waals surface area contributed by atoms with Crippen LogP contribution in [0.2, 0.25) is 0 Å². The van der Waals surface area contributed by atoms with Gasteiger partial charge in [0.05, 0.1) is 43.7 Å². The predicted octanol–water partition coefficient (Wildman–Crippen LogP) is 14.7. The van der Waals surface area contributed by atoms with E-state index in [1.165, 1.54) is 86.8 Å². The molecular weight excluding hydrogens is 737 g/mol. The van der Waals surface area contributed by atoms with Crippen LogP contribution in [0.5, 0.6) is 0 Å². The summed E-state index contributed by atoms with van der Waals surface area (Å²) >= 11 is 1.78. The molecule has 0 N–H and O–H groups in total. The van der Waals surface area contributed by atoms with E-state index in [9.17, 15) is 0 Å². The first-order chi connectivity index (χ1) is 29.3. The number of fused-ring (bicyclic) bond motifs is 18. The molecule has 14 rings (SSSR count). The topological polar surface area (TPSA) is 35.6 Å². The summed E-state index contributed by atoms with van der Waals surface area (Å²) < 4.78 is 7.14. The van der Waals surface area contributed by atoms with Crippen LogP contribution in [-0.4, -0.2) is 19.1 Å². The highest BCUT2D eigenvalue weighted by atomic mass is 32.1. The van der Waals surface area contributed by atoms with Crippen LogP contribution in [0.15, 0.2) is 182 Å². The normalized spacial score (nSPS) is 12.4. The molecule has 0 bridgehead atoms. The van der Waals surface area contributed by atoms with Crippen LogP contribution in [0.4, 0.5) is 0 Å². The molecule has 0 saturated carbocycles. The molecule has 0 aliphatic carbocycles. The van der Waals surface area contributed by atoms with Gasteiger partial charge in [0.15, 0.2) is 0 Å². The maximum atomic E-state index is 5.74. The molecule has 13 aromatic rings. The molecule has 4 aromatic heterocycles. The highest BCUT2D eigenvalue weighted by molar-refractivity contribution is 7.26. The maximum Gasteiger partial charge on any atom is 0.235 e. The second kappa shape index (κ2) is 11.5. The number of para-hydroxylation sites is 3. The first kappa shape index (κ1) is 31.5. The zero-order chi connectivity index (χ0) is 38.3. The molecular formula is C54H30N4S. The quantitative estimate of drug-likeness (QED) is 0.164. The van der Waals surface area contributed by atoms with Gasteiger partial charge >= 0.3 is 0 Å². The largest absolute Gasteiger partial charge is 0.308 e.